The van der Waals surface area contributed by atoms with Gasteiger partial charge in [0.1, 0.15) is 37.5 Å². The van der Waals surface area contributed by atoms with Crippen LogP contribution in [0.4, 0.5) is 46.0 Å². The number of aromatic nitrogens is 4. The molecule has 0 spiro atoms. The van der Waals surface area contributed by atoms with Gasteiger partial charge in [-0.1, -0.05) is 30.3 Å². The molecular formula is C40H36N11O15S4+. The Hall–Kier alpha value is -7.84. The first-order valence-electron chi connectivity index (χ1n) is 19.5. The number of carbonyl (C=O) groups excluding carboxylic acids is 1. The molecule has 0 fully saturated rings. The summed E-state index contributed by atoms with van der Waals surface area (Å²) >= 11 is 0. The number of nitrogens with one attached hydrogen (secondary N) is 3. The van der Waals surface area contributed by atoms with Crippen LogP contribution in [-0.2, 0) is 45.8 Å². The Labute approximate surface area is 398 Å². The highest BCUT2D eigenvalue weighted by molar-refractivity contribution is 7.86. The van der Waals surface area contributed by atoms with Crippen LogP contribution in [-0.4, -0.2) is 97.8 Å². The standard InChI is InChI=1S/C40H35N11O12S3.O3S/c1-22-7-6-15-51(21-22)40-45-38(41-14-16-52)44-39(46-40)43-28-13-12-27(25-9-5-11-35(37(25)28)65(57,58)59)47-49-31-19-29(42-23(2)53)30(20-33(31)63-3)48-50-32-18-26-24(17-36(32)66(60,61)62)8-4-10-34(26)64(54,55)56;1-4(2)3/h4-13,15,17-21,52H,14,16H2,1-3H3,(H5-,41,42,43,44,45,46,49,50,53,54,55,56,57,58,59,60,61,62);/p+1. The summed E-state index contributed by atoms with van der Waals surface area (Å²) in [4.78, 5) is 23.9. The number of ether oxygens (including phenoxy) is 1. The number of methoxy groups -OCH3 is 1. The number of rotatable bonds is 15. The molecule has 0 unspecified atom stereocenters. The molecule has 7 aromatic rings. The number of aliphatic hydroxyl groups excluding tert-OH is 1. The van der Waals surface area contributed by atoms with E-state index in [-0.39, 0.29) is 86.7 Å². The van der Waals surface area contributed by atoms with E-state index in [0.29, 0.717) is 0 Å². The van der Waals surface area contributed by atoms with Crippen LogP contribution in [0.15, 0.2) is 132 Å². The Morgan fingerprint density at radius 1 is 0.700 bits per heavy atom. The molecule has 0 aliphatic carbocycles. The number of hydrogen-bond acceptors (Lipinski definition) is 21. The van der Waals surface area contributed by atoms with E-state index in [1.165, 1.54) is 68.6 Å². The van der Waals surface area contributed by atoms with Crippen molar-refractivity contribution >= 4 is 114 Å². The van der Waals surface area contributed by atoms with Crippen molar-refractivity contribution in [1.29, 1.82) is 0 Å². The average Bonchev–Trinajstić information content (AvgIpc) is 3.28. The van der Waals surface area contributed by atoms with Crippen LogP contribution in [0.2, 0.25) is 0 Å². The van der Waals surface area contributed by atoms with E-state index < -0.39 is 67.2 Å². The summed E-state index contributed by atoms with van der Waals surface area (Å²) in [6.07, 6.45) is 3.48. The first-order valence-corrected chi connectivity index (χ1v) is 24.8. The van der Waals surface area contributed by atoms with Crippen molar-refractivity contribution in [3.05, 3.63) is 103 Å². The molecule has 0 atom stereocenters. The highest BCUT2D eigenvalue weighted by atomic mass is 32.2. The van der Waals surface area contributed by atoms with Gasteiger partial charge >= 0.3 is 28.5 Å². The van der Waals surface area contributed by atoms with Crippen LogP contribution < -0.4 is 25.3 Å². The molecule has 30 heteroatoms. The zero-order valence-corrected chi connectivity index (χ0v) is 39.4. The molecule has 26 nitrogen and oxygen atoms in total. The van der Waals surface area contributed by atoms with Gasteiger partial charge < -0.3 is 25.8 Å². The number of amides is 1. The van der Waals surface area contributed by atoms with Gasteiger partial charge in [-0.3, -0.25) is 18.5 Å². The lowest BCUT2D eigenvalue weighted by atomic mass is 10.1. The fourth-order valence-electron chi connectivity index (χ4n) is 6.55. The zero-order chi connectivity index (χ0) is 51.1. The Balaban J connectivity index is 0.00000193. The van der Waals surface area contributed by atoms with Crippen LogP contribution in [0.5, 0.6) is 5.75 Å². The van der Waals surface area contributed by atoms with Crippen molar-refractivity contribution in [2.24, 2.45) is 20.5 Å². The fraction of sp³-hybridized carbons (Fsp3) is 0.125. The monoisotopic (exact) mass is 1040 g/mol. The van der Waals surface area contributed by atoms with Gasteiger partial charge in [0, 0.05) is 35.7 Å². The van der Waals surface area contributed by atoms with Crippen LogP contribution in [0.1, 0.15) is 12.5 Å². The van der Waals surface area contributed by atoms with Crippen molar-refractivity contribution in [3.8, 4) is 11.7 Å². The molecule has 2 heterocycles. The van der Waals surface area contributed by atoms with E-state index in [2.05, 4.69) is 51.4 Å². The van der Waals surface area contributed by atoms with Crippen LogP contribution in [0, 0.1) is 6.92 Å². The van der Waals surface area contributed by atoms with E-state index in [4.69, 9.17) is 17.4 Å². The van der Waals surface area contributed by atoms with Crippen molar-refractivity contribution < 1.29 is 70.7 Å². The molecule has 0 radical (unpaired) electrons. The van der Waals surface area contributed by atoms with Gasteiger partial charge in [-0.15, -0.1) is 38.1 Å². The molecule has 0 aliphatic rings. The van der Waals surface area contributed by atoms with Crippen molar-refractivity contribution in [2.45, 2.75) is 28.5 Å². The molecule has 70 heavy (non-hydrogen) atoms. The minimum Gasteiger partial charge on any atom is -0.494 e. The number of hydrogen-bond donors (Lipinski definition) is 7. The van der Waals surface area contributed by atoms with E-state index in [9.17, 15) is 48.8 Å². The topological polar surface area (TPSA) is 389 Å². The van der Waals surface area contributed by atoms with E-state index >= 15 is 0 Å². The number of azo groups is 2. The number of benzene rings is 5. The summed E-state index contributed by atoms with van der Waals surface area (Å²) in [6.45, 7) is 2.93. The largest absolute Gasteiger partial charge is 0.494 e. The normalized spacial score (nSPS) is 11.9. The van der Waals surface area contributed by atoms with Gasteiger partial charge in [-0.2, -0.15) is 25.3 Å². The molecule has 1 amide bonds. The predicted molar refractivity (Wildman–Crippen MR) is 248 cm³/mol. The van der Waals surface area contributed by atoms with Crippen LogP contribution in [0.3, 0.4) is 0 Å². The molecule has 5 aromatic carbocycles. The summed E-state index contributed by atoms with van der Waals surface area (Å²) in [5, 5.41) is 34.7. The van der Waals surface area contributed by atoms with Gasteiger partial charge in [-0.05, 0) is 76.4 Å². The minimum absolute atomic E-state index is 0.0158. The zero-order valence-electron chi connectivity index (χ0n) is 36.1. The van der Waals surface area contributed by atoms with Crippen LogP contribution in [0.25, 0.3) is 27.5 Å². The highest BCUT2D eigenvalue weighted by Gasteiger charge is 2.24. The Morgan fingerprint density at radius 2 is 1.33 bits per heavy atom. The number of anilines is 4. The average molecular weight is 1040 g/mol. The highest BCUT2D eigenvalue weighted by Crippen LogP contribution is 2.43. The Morgan fingerprint density at radius 3 is 1.97 bits per heavy atom. The second-order valence-corrected chi connectivity index (χ2v) is 18.8. The molecular weight excluding hydrogens is 1000 g/mol. The number of carbonyl (C=O) groups is 1. The lowest BCUT2D eigenvalue weighted by Crippen LogP contribution is -2.33. The summed E-state index contributed by atoms with van der Waals surface area (Å²) in [6, 6.07) is 18.8. The van der Waals surface area contributed by atoms with Crippen molar-refractivity contribution in [3.63, 3.8) is 0 Å². The molecule has 0 saturated carbocycles. The molecule has 0 bridgehead atoms. The SMILES string of the molecule is COc1cc(N=Nc2cc3c(S(=O)(=O)O)cccc3cc2S(=O)(=O)O)c(NC(C)=O)cc1N=Nc1ccc(Nc2nc(NCCO)nc(-[n+]3cccc(C)c3)n2)c2c(S(=O)(=O)O)cccc12.O=S(=O)=O. The third-order valence-corrected chi connectivity index (χ3v) is 12.0. The molecule has 364 valence electrons. The quantitative estimate of drug-likeness (QED) is 0.0381. The lowest BCUT2D eigenvalue weighted by Gasteiger charge is -2.13. The molecule has 0 saturated heterocycles. The maximum atomic E-state index is 12.8. The summed E-state index contributed by atoms with van der Waals surface area (Å²) in [5.41, 5.74) is 0.357. The van der Waals surface area contributed by atoms with Crippen LogP contribution >= 0.6 is 0 Å². The Kier molecular flexibility index (Phi) is 15.6. The van der Waals surface area contributed by atoms with E-state index in [0.717, 1.165) is 23.8 Å². The second-order valence-electron chi connectivity index (χ2n) is 14.2. The number of aliphatic hydroxyl groups is 1. The minimum atomic E-state index is -4.98. The van der Waals surface area contributed by atoms with Crippen molar-refractivity contribution in [1.82, 2.24) is 15.0 Å². The maximum absolute atomic E-state index is 12.8. The van der Waals surface area contributed by atoms with E-state index in [1.54, 1.807) is 23.0 Å². The summed E-state index contributed by atoms with van der Waals surface area (Å²) in [5.74, 6) is -0.394. The second kappa shape index (κ2) is 21.2. The molecule has 0 aliphatic heterocycles. The van der Waals surface area contributed by atoms with Gasteiger partial charge in [0.15, 0.2) is 0 Å². The van der Waals surface area contributed by atoms with Gasteiger partial charge in [0.2, 0.25) is 5.91 Å². The number of fused-ring (bicyclic) bond motifs is 2. The fourth-order valence-corrected chi connectivity index (χ4v) is 8.62. The maximum Gasteiger partial charge on any atom is 0.444 e. The molecule has 2 aromatic heterocycles. The van der Waals surface area contributed by atoms with Crippen molar-refractivity contribution in [2.75, 3.05) is 36.2 Å². The lowest BCUT2D eigenvalue weighted by molar-refractivity contribution is -0.603. The summed E-state index contributed by atoms with van der Waals surface area (Å²) in [7, 11) is -16.5. The first kappa shape index (κ1) is 51.5. The smallest absolute Gasteiger partial charge is 0.444 e. The molecule has 7 N–H and O–H groups in total. The van der Waals surface area contributed by atoms with E-state index in [1.807, 2.05) is 13.0 Å². The third-order valence-electron chi connectivity index (χ3n) is 9.32. The number of nitrogens with zero attached hydrogens (tertiary/aromatic N) is 8. The first-order chi connectivity index (χ1) is 33.0. The number of aryl methyl sites for hydroxylation is 1. The van der Waals surface area contributed by atoms with Gasteiger partial charge in [0.05, 0.1) is 43.2 Å². The summed E-state index contributed by atoms with van der Waals surface area (Å²) < 4.78 is 137. The van der Waals surface area contributed by atoms with Gasteiger partial charge in [0.25, 0.3) is 30.4 Å². The number of pyridine rings is 1. The predicted octanol–water partition coefficient (Wildman–Crippen LogP) is 5.44. The Bertz CT molecular complexity index is 3750. The molecule has 7 rings (SSSR count). The van der Waals surface area contributed by atoms with Gasteiger partial charge in [-0.25, -0.2) is 4.57 Å². The third kappa shape index (κ3) is 12.6.